The van der Waals surface area contributed by atoms with Crippen LogP contribution in [0.15, 0.2) is 206 Å². The van der Waals surface area contributed by atoms with Crippen LogP contribution in [0, 0.1) is 47.8 Å². The largest absolute Gasteiger partial charge is 0.507 e. The number of alkyl halides is 12. The number of likely N-dealkylation sites (N-methyl/N-ethyl adjacent to an activating group) is 3. The number of anilines is 5. The van der Waals surface area contributed by atoms with E-state index in [0.29, 0.717) is 103 Å². The number of nitrogen functional groups attached to an aromatic ring is 1. The van der Waals surface area contributed by atoms with Crippen molar-refractivity contribution < 1.29 is 124 Å². The number of carbonyl (C=O) groups is 1. The molecule has 39 heteroatoms. The van der Waals surface area contributed by atoms with Crippen LogP contribution in [0.25, 0.3) is 0 Å². The fourth-order valence-corrected chi connectivity index (χ4v) is 11.1. The highest BCUT2D eigenvalue weighted by Crippen LogP contribution is 2.38. The first-order valence-electron chi connectivity index (χ1n) is 36.9. The number of aromatic hydroxyl groups is 1. The van der Waals surface area contributed by atoms with Crippen LogP contribution in [-0.4, -0.2) is 134 Å². The quantitative estimate of drug-likeness (QED) is 0.0149. The van der Waals surface area contributed by atoms with Crippen molar-refractivity contribution in [3.8, 4) is 28.7 Å². The maximum absolute atomic E-state index is 13.1. The number of phenols is 1. The van der Waals surface area contributed by atoms with Gasteiger partial charge in [-0.15, -0.1) is 0 Å². The molecule has 0 bridgehead atoms. The van der Waals surface area contributed by atoms with Gasteiger partial charge in [-0.25, -0.2) is 8.78 Å². The fourth-order valence-electron chi connectivity index (χ4n) is 10.9. The van der Waals surface area contributed by atoms with Gasteiger partial charge in [0.1, 0.15) is 28.9 Å². The van der Waals surface area contributed by atoms with Crippen LogP contribution < -0.4 is 44.7 Å². The van der Waals surface area contributed by atoms with E-state index in [-0.39, 0.29) is 79.2 Å². The molecule has 23 nitrogen and oxygen atoms in total. The first kappa shape index (κ1) is 100. The van der Waals surface area contributed by atoms with Gasteiger partial charge < -0.3 is 64.0 Å². The molecule has 0 heterocycles. The number of nitrogens with one attached hydrogen (secondary N) is 1. The molecule has 0 aliphatic rings. The summed E-state index contributed by atoms with van der Waals surface area (Å²) in [6.45, 7) is 3.65. The van der Waals surface area contributed by atoms with Gasteiger partial charge in [-0.3, -0.25) is 35.1 Å². The fraction of sp³-hybridized carbons (Fsp3) is 0.282. The maximum Gasteiger partial charge on any atom is 0.416 e. The highest BCUT2D eigenvalue weighted by molar-refractivity contribution is 6.31. The second-order valence-corrected chi connectivity index (χ2v) is 27.0. The Balaban J connectivity index is 0.000000248. The minimum atomic E-state index is -4.45. The summed E-state index contributed by atoms with van der Waals surface area (Å²) in [4.78, 5) is 48.4. The van der Waals surface area contributed by atoms with E-state index < -0.39 is 96.5 Å². The second kappa shape index (κ2) is 47.6. The predicted octanol–water partition coefficient (Wildman–Crippen LogP) is 20.6. The number of rotatable bonds is 33. The van der Waals surface area contributed by atoms with Crippen LogP contribution in [0.1, 0.15) is 54.9 Å². The Bertz CT molecular complexity index is 5170. The summed E-state index contributed by atoms with van der Waals surface area (Å²) in [5.41, 5.74) is 6.73. The number of hydrogen-bond acceptors (Lipinski definition) is 19. The third-order valence-electron chi connectivity index (χ3n) is 17.6. The minimum Gasteiger partial charge on any atom is -0.507 e. The Labute approximate surface area is 706 Å². The summed E-state index contributed by atoms with van der Waals surface area (Å²) in [5.74, 6) is -2.89. The predicted molar refractivity (Wildman–Crippen MR) is 436 cm³/mol. The Hall–Kier alpha value is -12.8. The lowest BCUT2D eigenvalue weighted by molar-refractivity contribution is -0.387. The molecule has 0 spiro atoms. The molecule has 10 aromatic carbocycles. The molecular formula is C85H84ClF15N8O15. The van der Waals surface area contributed by atoms with E-state index in [4.69, 9.17) is 50.5 Å². The summed E-state index contributed by atoms with van der Waals surface area (Å²) < 4.78 is 229. The van der Waals surface area contributed by atoms with Crippen molar-refractivity contribution in [3.63, 3.8) is 0 Å². The first-order chi connectivity index (χ1) is 58.5. The Morgan fingerprint density at radius 1 is 0.411 bits per heavy atom. The van der Waals surface area contributed by atoms with Gasteiger partial charge in [-0.2, -0.15) is 57.1 Å². The number of phenolic OH excluding ortho intramolecular Hbond substituents is 1. The molecule has 124 heavy (non-hydrogen) atoms. The zero-order valence-electron chi connectivity index (χ0n) is 67.0. The van der Waals surface area contributed by atoms with Crippen molar-refractivity contribution in [3.05, 3.63) is 309 Å². The van der Waals surface area contributed by atoms with Gasteiger partial charge in [-0.05, 0) is 107 Å². The number of nitrogens with zero attached hydrogens (tertiary/aromatic N) is 6. The van der Waals surface area contributed by atoms with Crippen LogP contribution in [-0.2, 0) is 64.6 Å². The Morgan fingerprint density at radius 2 is 0.742 bits per heavy atom. The van der Waals surface area contributed by atoms with E-state index in [2.05, 4.69) is 5.32 Å². The summed E-state index contributed by atoms with van der Waals surface area (Å²) in [6.07, 6.45) is -16.8. The molecule has 0 saturated heterocycles. The molecule has 4 N–H and O–H groups in total. The molecule has 0 atom stereocenters. The third-order valence-corrected chi connectivity index (χ3v) is 17.8. The van der Waals surface area contributed by atoms with Gasteiger partial charge in [0, 0.05) is 158 Å². The summed E-state index contributed by atoms with van der Waals surface area (Å²) in [6, 6.07) is 43.9. The average molecular weight is 1780 g/mol. The van der Waals surface area contributed by atoms with Gasteiger partial charge in [0.2, 0.25) is 5.82 Å². The normalized spacial score (nSPS) is 11.2. The maximum atomic E-state index is 13.1. The number of halogens is 16. The lowest BCUT2D eigenvalue weighted by Gasteiger charge is -2.21. The molecule has 666 valence electrons. The monoisotopic (exact) mass is 1780 g/mol. The zero-order chi connectivity index (χ0) is 91.7. The van der Waals surface area contributed by atoms with Gasteiger partial charge in [0.15, 0.2) is 11.5 Å². The number of nitro benzene ring substituents is 3. The Kier molecular flexibility index (Phi) is 38.4. The van der Waals surface area contributed by atoms with Crippen molar-refractivity contribution in [2.75, 3.05) is 134 Å². The van der Waals surface area contributed by atoms with E-state index >= 15 is 0 Å². The summed E-state index contributed by atoms with van der Waals surface area (Å²) in [7, 11) is 10.4. The van der Waals surface area contributed by atoms with Crippen molar-refractivity contribution in [1.82, 2.24) is 0 Å². The van der Waals surface area contributed by atoms with E-state index in [9.17, 15) is 106 Å². The van der Waals surface area contributed by atoms with Crippen LogP contribution in [0.4, 0.5) is 111 Å². The molecule has 0 radical (unpaired) electrons. The van der Waals surface area contributed by atoms with Crippen LogP contribution in [0.5, 0.6) is 28.7 Å². The molecular weight excluding hydrogens is 1690 g/mol. The molecule has 0 unspecified atom stereocenters. The van der Waals surface area contributed by atoms with E-state index in [0.717, 1.165) is 90.2 Å². The molecule has 0 aromatic heterocycles. The molecule has 0 aliphatic heterocycles. The standard InChI is InChI=1S/C26H26ClF3N2O4.C19H21F3N2O4.C19H23F3N2O2.C15H11F4NO3.C6H3F2NO2/c1-32(11-13-35-2)20-7-8-22(31-25(34)21-15-19(27)6-9-23(21)33)24(16-20)36-12-10-17-4-3-5-18(14-17)26(28,29)30;1-23(9-11-27-2)16-6-7-17(24(25)26)18(13-16)28-10-8-14-4-3-5-15(12-14)19(20,21)22;1-24(9-11-25-2)16-6-7-17(23)18(13-16)26-10-8-14-4-3-5-15(12-14)19(20,21)22;16-12-4-5-13(20(21)22)14(9-12)23-7-6-10-2-1-3-11(8-10)15(17,18)19;7-4-1-2-6(9(10)11)5(8)3-4/h3-9,14-16,33H,10-13H2,1-2H3,(H,31,34);3-7,12-13H,8-11H2,1-2H3;3-7,12-13H,8-11,23H2,1-2H3;1-5,8-9H,6-7H2;1-3H. The Morgan fingerprint density at radius 3 is 1.12 bits per heavy atom. The van der Waals surface area contributed by atoms with Gasteiger partial charge in [0.05, 0.1) is 100 Å². The van der Waals surface area contributed by atoms with E-state index in [1.807, 2.05) is 48.0 Å². The first-order valence-corrected chi connectivity index (χ1v) is 37.3. The van der Waals surface area contributed by atoms with Crippen molar-refractivity contribution in [2.24, 2.45) is 0 Å². The second-order valence-electron chi connectivity index (χ2n) is 26.6. The smallest absolute Gasteiger partial charge is 0.416 e. The van der Waals surface area contributed by atoms with Crippen LogP contribution >= 0.6 is 11.6 Å². The zero-order valence-corrected chi connectivity index (χ0v) is 67.8. The lowest BCUT2D eigenvalue weighted by Crippen LogP contribution is -2.22. The lowest BCUT2D eigenvalue weighted by atomic mass is 10.1. The number of nitrogens with two attached hydrogens (primary N) is 1. The number of ether oxygens (including phenoxy) is 7. The number of benzene rings is 10. The number of hydrogen-bond donors (Lipinski definition) is 3. The van der Waals surface area contributed by atoms with Gasteiger partial charge in [0.25, 0.3) is 5.91 Å². The molecule has 1 amide bonds. The highest BCUT2D eigenvalue weighted by Gasteiger charge is 2.34. The minimum absolute atomic E-state index is 0.00733. The van der Waals surface area contributed by atoms with Crippen molar-refractivity contribution >= 4 is 63.0 Å². The van der Waals surface area contributed by atoms with Gasteiger partial charge >= 0.3 is 41.8 Å². The SMILES string of the molecule is COCCN(C)c1ccc(N)c(OCCc2cccc(C(F)(F)F)c2)c1.COCCN(C)c1ccc(NC(=O)c2cc(Cl)ccc2O)c(OCCc2cccc(C(F)(F)F)c2)c1.COCCN(C)c1ccc([N+](=O)[O-])c(OCCc2cccc(C(F)(F)F)c2)c1.O=[N+]([O-])c1ccc(F)cc1F.O=[N+]([O-])c1ccc(F)cc1OCCc1cccc(C(F)(F)F)c1. The van der Waals surface area contributed by atoms with Crippen LogP contribution in [0.3, 0.4) is 0 Å². The molecule has 10 rings (SSSR count). The number of carbonyl (C=O) groups excluding carboxylic acids is 1. The average Bonchev–Trinajstić information content (AvgIpc) is 0.819. The highest BCUT2D eigenvalue weighted by atomic mass is 35.5. The van der Waals surface area contributed by atoms with E-state index in [1.165, 1.54) is 54.6 Å². The number of amides is 1. The number of nitro groups is 3. The third kappa shape index (κ3) is 32.9. The molecule has 0 fully saturated rings. The van der Waals surface area contributed by atoms with Crippen LogP contribution in [0.2, 0.25) is 5.02 Å². The summed E-state index contributed by atoms with van der Waals surface area (Å²) in [5, 5.41) is 45.0. The van der Waals surface area contributed by atoms with Crippen molar-refractivity contribution in [1.29, 1.82) is 0 Å². The van der Waals surface area contributed by atoms with E-state index in [1.54, 1.807) is 75.9 Å². The van der Waals surface area contributed by atoms with Gasteiger partial charge in [-0.1, -0.05) is 84.4 Å². The summed E-state index contributed by atoms with van der Waals surface area (Å²) >= 11 is 5.96. The molecule has 0 aliphatic carbocycles. The molecule has 10 aromatic rings. The van der Waals surface area contributed by atoms with Crippen molar-refractivity contribution in [2.45, 2.75) is 50.4 Å². The molecule has 0 saturated carbocycles. The number of methoxy groups -OCH3 is 3. The topological polar surface area (TPSA) is 279 Å².